The van der Waals surface area contributed by atoms with Gasteiger partial charge in [0.25, 0.3) is 0 Å². The second-order valence-corrected chi connectivity index (χ2v) is 8.87. The molecular formula is C22H28N8S. The lowest BCUT2D eigenvalue weighted by atomic mass is 10.2. The van der Waals surface area contributed by atoms with E-state index in [4.69, 9.17) is 9.97 Å². The number of hydrogen-bond donors (Lipinski definition) is 1. The quantitative estimate of drug-likeness (QED) is 0.446. The highest BCUT2D eigenvalue weighted by molar-refractivity contribution is 7.20. The minimum Gasteiger partial charge on any atom is -0.355 e. The summed E-state index contributed by atoms with van der Waals surface area (Å²) >= 11 is 1.57. The molecule has 31 heavy (non-hydrogen) atoms. The lowest BCUT2D eigenvalue weighted by molar-refractivity contribution is 0.361. The molecule has 0 aliphatic carbocycles. The second-order valence-electron chi connectivity index (χ2n) is 7.86. The number of nitrogens with zero attached hydrogens (tertiary/aromatic N) is 7. The minimum atomic E-state index is 0.395. The van der Waals surface area contributed by atoms with E-state index < -0.39 is 0 Å². The molecule has 4 heterocycles. The summed E-state index contributed by atoms with van der Waals surface area (Å²) in [4.78, 5) is 18.5. The number of pyridine rings is 2. The van der Waals surface area contributed by atoms with Gasteiger partial charge < -0.3 is 15.1 Å². The van der Waals surface area contributed by atoms with Crippen molar-refractivity contribution in [2.45, 2.75) is 26.3 Å². The van der Waals surface area contributed by atoms with Crippen molar-refractivity contribution in [2.75, 3.05) is 37.9 Å². The fourth-order valence-electron chi connectivity index (χ4n) is 3.51. The van der Waals surface area contributed by atoms with E-state index in [9.17, 15) is 0 Å². The molecule has 0 aliphatic rings. The molecule has 162 valence electrons. The minimum absolute atomic E-state index is 0.395. The van der Waals surface area contributed by atoms with Crippen LogP contribution in [0.5, 0.6) is 0 Å². The predicted molar refractivity (Wildman–Crippen MR) is 128 cm³/mol. The topological polar surface area (TPSA) is 75.0 Å². The zero-order valence-corrected chi connectivity index (χ0v) is 19.4. The van der Waals surface area contributed by atoms with Crippen molar-refractivity contribution in [1.82, 2.24) is 29.6 Å². The average molecular weight is 437 g/mol. The highest BCUT2D eigenvalue weighted by Crippen LogP contribution is 2.27. The third kappa shape index (κ3) is 4.67. The Balaban J connectivity index is 1.55. The van der Waals surface area contributed by atoms with Crippen molar-refractivity contribution in [3.8, 4) is 5.13 Å². The summed E-state index contributed by atoms with van der Waals surface area (Å²) in [6.07, 6.45) is 4.68. The third-order valence-corrected chi connectivity index (χ3v) is 6.21. The molecule has 1 N–H and O–H groups in total. The highest BCUT2D eigenvalue weighted by Gasteiger charge is 2.16. The van der Waals surface area contributed by atoms with E-state index in [0.717, 1.165) is 45.6 Å². The molecule has 4 rings (SSSR count). The molecule has 0 radical (unpaired) electrons. The molecule has 0 saturated heterocycles. The van der Waals surface area contributed by atoms with Crippen molar-refractivity contribution in [3.63, 3.8) is 0 Å². The number of fused-ring (bicyclic) bond motifs is 1. The maximum absolute atomic E-state index is 4.81. The standard InChI is InChI=1S/C22H28N8S/c1-6-16(14-28(3)4)29(5)21-9-7-8-19(27-21)26-20-12-17-18(13-23-20)31-22(25-17)30-15(2)10-11-24-30/h7-13,16H,6,14H2,1-5H3,(H,23,26,27). The summed E-state index contributed by atoms with van der Waals surface area (Å²) in [5.74, 6) is 2.41. The van der Waals surface area contributed by atoms with Crippen molar-refractivity contribution >= 4 is 39.0 Å². The van der Waals surface area contributed by atoms with Gasteiger partial charge in [0.2, 0.25) is 5.13 Å². The fraction of sp³-hybridized carbons (Fsp3) is 0.364. The molecule has 0 saturated carbocycles. The fourth-order valence-corrected chi connectivity index (χ4v) is 4.44. The first-order valence-electron chi connectivity index (χ1n) is 10.3. The Morgan fingerprint density at radius 1 is 1.13 bits per heavy atom. The number of thiazole rings is 1. The normalized spacial score (nSPS) is 12.5. The first kappa shape index (κ1) is 21.2. The van der Waals surface area contributed by atoms with Gasteiger partial charge >= 0.3 is 0 Å². The Morgan fingerprint density at radius 3 is 2.68 bits per heavy atom. The average Bonchev–Trinajstić information content (AvgIpc) is 3.36. The van der Waals surface area contributed by atoms with Gasteiger partial charge in [-0.25, -0.2) is 19.6 Å². The van der Waals surface area contributed by atoms with Crippen LogP contribution in [0.2, 0.25) is 0 Å². The van der Waals surface area contributed by atoms with Crippen molar-refractivity contribution in [3.05, 3.63) is 48.4 Å². The number of aryl methyl sites for hydroxylation is 1. The Morgan fingerprint density at radius 2 is 1.97 bits per heavy atom. The molecule has 1 atom stereocenters. The van der Waals surface area contributed by atoms with Crippen LogP contribution in [0, 0.1) is 6.92 Å². The monoisotopic (exact) mass is 436 g/mol. The van der Waals surface area contributed by atoms with Gasteiger partial charge in [-0.3, -0.25) is 0 Å². The van der Waals surface area contributed by atoms with Gasteiger partial charge in [-0.2, -0.15) is 5.10 Å². The number of likely N-dealkylation sites (N-methyl/N-ethyl adjacent to an activating group) is 2. The van der Waals surface area contributed by atoms with Crippen LogP contribution in [0.1, 0.15) is 19.0 Å². The Labute approximate surface area is 186 Å². The van der Waals surface area contributed by atoms with Gasteiger partial charge in [-0.15, -0.1) is 0 Å². The number of nitrogens with one attached hydrogen (secondary N) is 1. The zero-order valence-electron chi connectivity index (χ0n) is 18.6. The molecule has 1 unspecified atom stereocenters. The number of anilines is 3. The third-order valence-electron chi connectivity index (χ3n) is 5.22. The molecule has 0 amide bonds. The molecule has 4 aromatic heterocycles. The van der Waals surface area contributed by atoms with Crippen LogP contribution in [0.25, 0.3) is 15.3 Å². The Hall–Kier alpha value is -3.04. The zero-order chi connectivity index (χ0) is 22.0. The number of hydrogen-bond acceptors (Lipinski definition) is 8. The van der Waals surface area contributed by atoms with Crippen molar-refractivity contribution < 1.29 is 0 Å². The second kappa shape index (κ2) is 8.99. The van der Waals surface area contributed by atoms with Crippen LogP contribution >= 0.6 is 11.3 Å². The van der Waals surface area contributed by atoms with Crippen LogP contribution < -0.4 is 10.2 Å². The maximum Gasteiger partial charge on any atom is 0.211 e. The lowest BCUT2D eigenvalue weighted by Gasteiger charge is -2.30. The number of aromatic nitrogens is 5. The van der Waals surface area contributed by atoms with E-state index in [1.165, 1.54) is 0 Å². The SMILES string of the molecule is CCC(CN(C)C)N(C)c1cccc(Nc2cc3nc(-n4nccc4C)sc3cn2)n1. The van der Waals surface area contributed by atoms with Crippen LogP contribution in [-0.2, 0) is 0 Å². The molecule has 4 aromatic rings. The molecule has 8 nitrogen and oxygen atoms in total. The van der Waals surface area contributed by atoms with Gasteiger partial charge in [0, 0.05) is 43.8 Å². The number of rotatable bonds is 8. The van der Waals surface area contributed by atoms with Gasteiger partial charge in [0.1, 0.15) is 17.5 Å². The lowest BCUT2D eigenvalue weighted by Crippen LogP contribution is -2.39. The van der Waals surface area contributed by atoms with Crippen LogP contribution in [0.15, 0.2) is 42.7 Å². The molecule has 0 aromatic carbocycles. The summed E-state index contributed by atoms with van der Waals surface area (Å²) in [5.41, 5.74) is 1.94. The molecule has 9 heteroatoms. The highest BCUT2D eigenvalue weighted by atomic mass is 32.1. The summed E-state index contributed by atoms with van der Waals surface area (Å²) in [6, 6.07) is 10.3. The molecule has 0 fully saturated rings. The van der Waals surface area contributed by atoms with E-state index in [2.05, 4.69) is 53.3 Å². The van der Waals surface area contributed by atoms with E-state index in [1.54, 1.807) is 17.5 Å². The molecular weight excluding hydrogens is 408 g/mol. The molecule has 0 bridgehead atoms. The first-order valence-corrected chi connectivity index (χ1v) is 11.2. The van der Waals surface area contributed by atoms with E-state index in [-0.39, 0.29) is 0 Å². The van der Waals surface area contributed by atoms with Gasteiger partial charge in [0.15, 0.2) is 0 Å². The Kier molecular flexibility index (Phi) is 6.15. The molecule has 0 spiro atoms. The molecule has 0 aliphatic heterocycles. The summed E-state index contributed by atoms with van der Waals surface area (Å²) in [6.45, 7) is 5.20. The Bertz CT molecular complexity index is 1170. The van der Waals surface area contributed by atoms with Crippen LogP contribution in [0.3, 0.4) is 0 Å². The van der Waals surface area contributed by atoms with Crippen molar-refractivity contribution in [2.24, 2.45) is 0 Å². The van der Waals surface area contributed by atoms with E-state index >= 15 is 0 Å². The summed E-state index contributed by atoms with van der Waals surface area (Å²) in [5, 5.41) is 8.51. The van der Waals surface area contributed by atoms with Gasteiger partial charge in [-0.1, -0.05) is 24.3 Å². The first-order chi connectivity index (χ1) is 14.9. The summed E-state index contributed by atoms with van der Waals surface area (Å²) < 4.78 is 2.86. The van der Waals surface area contributed by atoms with Crippen LogP contribution in [-0.4, -0.2) is 63.4 Å². The van der Waals surface area contributed by atoms with E-state index in [1.807, 2.05) is 48.1 Å². The van der Waals surface area contributed by atoms with Crippen LogP contribution in [0.4, 0.5) is 17.5 Å². The van der Waals surface area contributed by atoms with Crippen molar-refractivity contribution in [1.29, 1.82) is 0 Å². The predicted octanol–water partition coefficient (Wildman–Crippen LogP) is 4.10. The largest absolute Gasteiger partial charge is 0.355 e. The summed E-state index contributed by atoms with van der Waals surface area (Å²) in [7, 11) is 6.30. The van der Waals surface area contributed by atoms with E-state index in [0.29, 0.717) is 11.9 Å². The van der Waals surface area contributed by atoms with Gasteiger partial charge in [-0.05, 0) is 45.6 Å². The van der Waals surface area contributed by atoms with Gasteiger partial charge in [0.05, 0.1) is 10.2 Å². The smallest absolute Gasteiger partial charge is 0.211 e. The maximum atomic E-state index is 4.81.